The van der Waals surface area contributed by atoms with E-state index in [0.29, 0.717) is 5.92 Å². The smallest absolute Gasteiger partial charge is 0.00533 e. The molecule has 0 aliphatic heterocycles. The first-order valence-corrected chi connectivity index (χ1v) is 10.1. The van der Waals surface area contributed by atoms with E-state index in [1.807, 2.05) is 0 Å². The van der Waals surface area contributed by atoms with Crippen LogP contribution < -0.4 is 0 Å². The highest BCUT2D eigenvalue weighted by Gasteiger charge is 2.27. The summed E-state index contributed by atoms with van der Waals surface area (Å²) < 4.78 is 0. The SMILES string of the molecule is CC=CC1C=CC(C2CCC(CCc3ccc(C)cc3)CC2)CC1. The monoisotopic (exact) mass is 322 g/mol. The third-order valence-corrected chi connectivity index (χ3v) is 6.34. The Morgan fingerprint density at radius 2 is 1.67 bits per heavy atom. The summed E-state index contributed by atoms with van der Waals surface area (Å²) in [5.41, 5.74) is 2.89. The van der Waals surface area contributed by atoms with Crippen LogP contribution in [0, 0.1) is 30.6 Å². The molecule has 0 heteroatoms. The van der Waals surface area contributed by atoms with Gasteiger partial charge in [-0.1, -0.05) is 67.0 Å². The summed E-state index contributed by atoms with van der Waals surface area (Å²) >= 11 is 0. The van der Waals surface area contributed by atoms with Crippen molar-refractivity contribution in [3.8, 4) is 0 Å². The number of allylic oxidation sites excluding steroid dienone is 4. The van der Waals surface area contributed by atoms with E-state index >= 15 is 0 Å². The van der Waals surface area contributed by atoms with Crippen LogP contribution in [0.3, 0.4) is 0 Å². The van der Waals surface area contributed by atoms with Gasteiger partial charge < -0.3 is 0 Å². The molecule has 0 bridgehead atoms. The Hall–Kier alpha value is -1.30. The first-order valence-electron chi connectivity index (χ1n) is 10.1. The van der Waals surface area contributed by atoms with Gasteiger partial charge in [0.15, 0.2) is 0 Å². The van der Waals surface area contributed by atoms with E-state index in [1.165, 1.54) is 62.5 Å². The van der Waals surface area contributed by atoms with Gasteiger partial charge in [-0.05, 0) is 81.6 Å². The zero-order chi connectivity index (χ0) is 16.8. The molecule has 1 aromatic rings. The highest BCUT2D eigenvalue weighted by Crippen LogP contribution is 2.39. The molecule has 130 valence electrons. The van der Waals surface area contributed by atoms with Gasteiger partial charge in [-0.15, -0.1) is 0 Å². The van der Waals surface area contributed by atoms with Crippen LogP contribution in [-0.4, -0.2) is 0 Å². The zero-order valence-electron chi connectivity index (χ0n) is 15.6. The van der Waals surface area contributed by atoms with Crippen LogP contribution in [0.1, 0.15) is 63.0 Å². The van der Waals surface area contributed by atoms with Gasteiger partial charge >= 0.3 is 0 Å². The quantitative estimate of drug-likeness (QED) is 0.518. The van der Waals surface area contributed by atoms with Crippen molar-refractivity contribution in [2.75, 3.05) is 0 Å². The van der Waals surface area contributed by atoms with Crippen LogP contribution in [0.4, 0.5) is 0 Å². The molecule has 0 saturated heterocycles. The predicted octanol–water partition coefficient (Wildman–Crippen LogP) is 6.89. The van der Waals surface area contributed by atoms with Crippen LogP contribution in [0.25, 0.3) is 0 Å². The Bertz CT molecular complexity index is 540. The fraction of sp³-hybridized carbons (Fsp3) is 0.583. The maximum absolute atomic E-state index is 2.55. The summed E-state index contributed by atoms with van der Waals surface area (Å²) in [4.78, 5) is 0. The highest BCUT2D eigenvalue weighted by atomic mass is 14.3. The van der Waals surface area contributed by atoms with E-state index in [0.717, 1.165) is 17.8 Å². The standard InChI is InChI=1S/C24H34/c1-3-4-20-11-15-23(16-12-20)24-17-13-22(14-18-24)10-9-21-7-5-19(2)6-8-21/h3-8,11,15,20,22-24H,9-10,12-14,16-18H2,1-2H3. The van der Waals surface area contributed by atoms with Crippen molar-refractivity contribution in [1.82, 2.24) is 0 Å². The van der Waals surface area contributed by atoms with E-state index in [4.69, 9.17) is 0 Å². The Balaban J connectivity index is 1.41. The third-order valence-electron chi connectivity index (χ3n) is 6.34. The van der Waals surface area contributed by atoms with Crippen molar-refractivity contribution >= 4 is 0 Å². The normalized spacial score (nSPS) is 30.8. The number of hydrogen-bond donors (Lipinski definition) is 0. The molecule has 2 aliphatic carbocycles. The highest BCUT2D eigenvalue weighted by molar-refractivity contribution is 5.21. The average molecular weight is 323 g/mol. The van der Waals surface area contributed by atoms with Crippen molar-refractivity contribution in [1.29, 1.82) is 0 Å². The first kappa shape index (κ1) is 17.5. The lowest BCUT2D eigenvalue weighted by Gasteiger charge is -2.34. The van der Waals surface area contributed by atoms with Gasteiger partial charge in [0.25, 0.3) is 0 Å². The molecule has 3 rings (SSSR count). The van der Waals surface area contributed by atoms with Crippen LogP contribution >= 0.6 is 0 Å². The molecule has 2 atom stereocenters. The predicted molar refractivity (Wildman–Crippen MR) is 105 cm³/mol. The summed E-state index contributed by atoms with van der Waals surface area (Å²) in [7, 11) is 0. The number of hydrogen-bond acceptors (Lipinski definition) is 0. The molecule has 1 saturated carbocycles. The van der Waals surface area contributed by atoms with E-state index in [1.54, 1.807) is 0 Å². The van der Waals surface area contributed by atoms with Crippen molar-refractivity contribution in [3.63, 3.8) is 0 Å². The Labute approximate surface area is 149 Å². The molecule has 0 nitrogen and oxygen atoms in total. The lowest BCUT2D eigenvalue weighted by molar-refractivity contribution is 0.208. The maximum atomic E-state index is 2.55. The number of rotatable bonds is 5. The van der Waals surface area contributed by atoms with Crippen LogP contribution in [0.2, 0.25) is 0 Å². The van der Waals surface area contributed by atoms with Gasteiger partial charge in [-0.25, -0.2) is 0 Å². The lowest BCUT2D eigenvalue weighted by atomic mass is 9.71. The molecular formula is C24H34. The second-order valence-electron chi connectivity index (χ2n) is 8.12. The molecule has 0 heterocycles. The number of benzene rings is 1. The molecule has 2 aliphatic rings. The molecule has 0 amide bonds. The van der Waals surface area contributed by atoms with Crippen molar-refractivity contribution in [3.05, 3.63) is 59.7 Å². The molecule has 2 unspecified atom stereocenters. The summed E-state index contributed by atoms with van der Waals surface area (Å²) in [6.45, 7) is 4.31. The largest absolute Gasteiger partial charge is 0.0911 e. The Morgan fingerprint density at radius 1 is 0.917 bits per heavy atom. The van der Waals surface area contributed by atoms with Crippen molar-refractivity contribution in [2.45, 2.75) is 65.2 Å². The molecule has 0 radical (unpaired) electrons. The van der Waals surface area contributed by atoms with Crippen LogP contribution in [0.15, 0.2) is 48.6 Å². The second kappa shape index (κ2) is 8.70. The minimum absolute atomic E-state index is 0.706. The third kappa shape index (κ3) is 4.85. The molecule has 0 aromatic heterocycles. The fourth-order valence-electron chi connectivity index (χ4n) is 4.69. The minimum atomic E-state index is 0.706. The van der Waals surface area contributed by atoms with Gasteiger partial charge in [0, 0.05) is 0 Å². The van der Waals surface area contributed by atoms with Gasteiger partial charge in [0.1, 0.15) is 0 Å². The zero-order valence-corrected chi connectivity index (χ0v) is 15.6. The summed E-state index contributed by atoms with van der Waals surface area (Å²) in [6, 6.07) is 9.13. The van der Waals surface area contributed by atoms with Gasteiger partial charge in [-0.2, -0.15) is 0 Å². The van der Waals surface area contributed by atoms with Crippen LogP contribution in [0.5, 0.6) is 0 Å². The molecule has 0 N–H and O–H groups in total. The topological polar surface area (TPSA) is 0 Å². The van der Waals surface area contributed by atoms with Crippen molar-refractivity contribution < 1.29 is 0 Å². The fourth-order valence-corrected chi connectivity index (χ4v) is 4.69. The maximum Gasteiger partial charge on any atom is -0.00533 e. The van der Waals surface area contributed by atoms with E-state index < -0.39 is 0 Å². The summed E-state index contributed by atoms with van der Waals surface area (Å²) in [5, 5.41) is 0. The number of aryl methyl sites for hydroxylation is 2. The molecular weight excluding hydrogens is 288 g/mol. The van der Waals surface area contributed by atoms with E-state index in [9.17, 15) is 0 Å². The molecule has 0 spiro atoms. The van der Waals surface area contributed by atoms with Gasteiger partial charge in [0.05, 0.1) is 0 Å². The van der Waals surface area contributed by atoms with E-state index in [2.05, 4.69) is 62.4 Å². The van der Waals surface area contributed by atoms with E-state index in [-0.39, 0.29) is 0 Å². The van der Waals surface area contributed by atoms with Gasteiger partial charge in [-0.3, -0.25) is 0 Å². The minimum Gasteiger partial charge on any atom is -0.0911 e. The lowest BCUT2D eigenvalue weighted by Crippen LogP contribution is -2.23. The van der Waals surface area contributed by atoms with Crippen molar-refractivity contribution in [2.24, 2.45) is 23.7 Å². The summed E-state index contributed by atoms with van der Waals surface area (Å²) in [6.07, 6.45) is 20.8. The molecule has 1 aromatic carbocycles. The van der Waals surface area contributed by atoms with Gasteiger partial charge in [0.2, 0.25) is 0 Å². The second-order valence-corrected chi connectivity index (χ2v) is 8.12. The average Bonchev–Trinajstić information content (AvgIpc) is 2.63. The summed E-state index contributed by atoms with van der Waals surface area (Å²) in [5.74, 6) is 3.50. The molecule has 1 fully saturated rings. The first-order chi connectivity index (χ1) is 11.7. The molecule has 24 heavy (non-hydrogen) atoms. The Morgan fingerprint density at radius 3 is 2.29 bits per heavy atom. The van der Waals surface area contributed by atoms with Crippen LogP contribution in [-0.2, 0) is 6.42 Å². The Kier molecular flexibility index (Phi) is 6.35.